The number of carbonyl (C=O) groups excluding carboxylic acids is 2. The van der Waals surface area contributed by atoms with Gasteiger partial charge in [0.1, 0.15) is 5.75 Å². The van der Waals surface area contributed by atoms with Gasteiger partial charge in [-0.25, -0.2) is 4.79 Å². The first kappa shape index (κ1) is 23.0. The number of nitrogens with one attached hydrogen (secondary N) is 2. The standard InChI is InChI=1S/C22H24N2O5S/c1-4-29-18-9-5-17(6-10-18)24-21(26)15(3)30-19-11-7-16(8-12-19)23-20(25)13-14(2)22(27)28/h5-13,15H,4H2,1-3H3,(H,23,25)(H,24,26)(H,27,28)/b14-13+/t15-/m1/s1. The van der Waals surface area contributed by atoms with E-state index in [1.807, 2.05) is 13.8 Å². The fourth-order valence-electron chi connectivity index (χ4n) is 2.36. The van der Waals surface area contributed by atoms with Crippen LogP contribution in [0.3, 0.4) is 0 Å². The van der Waals surface area contributed by atoms with E-state index in [2.05, 4.69) is 10.6 Å². The lowest BCUT2D eigenvalue weighted by atomic mass is 10.2. The Hall–Kier alpha value is -3.26. The van der Waals surface area contributed by atoms with Crippen LogP contribution in [-0.4, -0.2) is 34.7 Å². The first-order chi connectivity index (χ1) is 14.3. The molecule has 2 aromatic carbocycles. The van der Waals surface area contributed by atoms with Crippen LogP contribution in [0.5, 0.6) is 5.75 Å². The maximum absolute atomic E-state index is 12.4. The predicted molar refractivity (Wildman–Crippen MR) is 118 cm³/mol. The van der Waals surface area contributed by atoms with Gasteiger partial charge in [-0.15, -0.1) is 11.8 Å². The zero-order chi connectivity index (χ0) is 22.1. The van der Waals surface area contributed by atoms with Crippen LogP contribution in [0.25, 0.3) is 0 Å². The maximum Gasteiger partial charge on any atom is 0.331 e. The Morgan fingerprint density at radius 2 is 1.60 bits per heavy atom. The molecule has 2 rings (SSSR count). The summed E-state index contributed by atoms with van der Waals surface area (Å²) in [4.78, 5) is 35.8. The highest BCUT2D eigenvalue weighted by atomic mass is 32.2. The monoisotopic (exact) mass is 428 g/mol. The van der Waals surface area contributed by atoms with E-state index in [-0.39, 0.29) is 16.7 Å². The van der Waals surface area contributed by atoms with Crippen LogP contribution in [-0.2, 0) is 14.4 Å². The van der Waals surface area contributed by atoms with E-state index in [1.54, 1.807) is 48.5 Å². The number of benzene rings is 2. The number of rotatable bonds is 9. The van der Waals surface area contributed by atoms with E-state index in [4.69, 9.17) is 9.84 Å². The van der Waals surface area contributed by atoms with Crippen LogP contribution < -0.4 is 15.4 Å². The summed E-state index contributed by atoms with van der Waals surface area (Å²) in [5.74, 6) is -1.04. The Balaban J connectivity index is 1.89. The molecule has 0 aliphatic carbocycles. The number of amides is 2. The number of aliphatic carboxylic acids is 1. The van der Waals surface area contributed by atoms with E-state index >= 15 is 0 Å². The summed E-state index contributed by atoms with van der Waals surface area (Å²) in [6.07, 6.45) is 1.03. The number of thioether (sulfide) groups is 1. The molecular formula is C22H24N2O5S. The number of ether oxygens (including phenoxy) is 1. The molecule has 0 unspecified atom stereocenters. The average Bonchev–Trinajstić information content (AvgIpc) is 2.71. The smallest absolute Gasteiger partial charge is 0.331 e. The summed E-state index contributed by atoms with van der Waals surface area (Å²) >= 11 is 1.39. The molecule has 0 aliphatic rings. The molecular weight excluding hydrogens is 404 g/mol. The van der Waals surface area contributed by atoms with Crippen molar-refractivity contribution in [2.24, 2.45) is 0 Å². The molecule has 0 saturated heterocycles. The van der Waals surface area contributed by atoms with Crippen molar-refractivity contribution in [3.63, 3.8) is 0 Å². The molecule has 8 heteroatoms. The molecule has 3 N–H and O–H groups in total. The van der Waals surface area contributed by atoms with Crippen molar-refractivity contribution in [3.05, 3.63) is 60.2 Å². The Morgan fingerprint density at radius 3 is 2.17 bits per heavy atom. The molecule has 0 bridgehead atoms. The van der Waals surface area contributed by atoms with E-state index in [0.29, 0.717) is 18.0 Å². The molecule has 7 nitrogen and oxygen atoms in total. The van der Waals surface area contributed by atoms with E-state index in [0.717, 1.165) is 16.7 Å². The summed E-state index contributed by atoms with van der Waals surface area (Å²) < 4.78 is 5.38. The third-order valence-corrected chi connectivity index (χ3v) is 5.03. The first-order valence-electron chi connectivity index (χ1n) is 9.31. The molecule has 30 heavy (non-hydrogen) atoms. The lowest BCUT2D eigenvalue weighted by molar-refractivity contribution is -0.132. The van der Waals surface area contributed by atoms with Crippen molar-refractivity contribution in [1.29, 1.82) is 0 Å². The van der Waals surface area contributed by atoms with Crippen molar-refractivity contribution < 1.29 is 24.2 Å². The van der Waals surface area contributed by atoms with Gasteiger partial charge >= 0.3 is 5.97 Å². The molecule has 1 atom stereocenters. The molecule has 0 radical (unpaired) electrons. The van der Waals surface area contributed by atoms with Crippen LogP contribution in [0.2, 0.25) is 0 Å². The predicted octanol–water partition coefficient (Wildman–Crippen LogP) is 4.17. The molecule has 0 spiro atoms. The second kappa shape index (κ2) is 11.1. The van der Waals surface area contributed by atoms with Gasteiger partial charge in [-0.2, -0.15) is 0 Å². The second-order valence-corrected chi connectivity index (χ2v) is 7.77. The van der Waals surface area contributed by atoms with Gasteiger partial charge in [0.2, 0.25) is 11.8 Å². The summed E-state index contributed by atoms with van der Waals surface area (Å²) in [7, 11) is 0. The number of anilines is 2. The third-order valence-electron chi connectivity index (χ3n) is 3.92. The van der Waals surface area contributed by atoms with Crippen molar-refractivity contribution >= 4 is 40.9 Å². The van der Waals surface area contributed by atoms with Crippen molar-refractivity contribution in [3.8, 4) is 5.75 Å². The quantitative estimate of drug-likeness (QED) is 0.409. The van der Waals surface area contributed by atoms with Crippen LogP contribution in [0.1, 0.15) is 20.8 Å². The lowest BCUT2D eigenvalue weighted by Gasteiger charge is -2.13. The van der Waals surface area contributed by atoms with Gasteiger partial charge in [-0.3, -0.25) is 9.59 Å². The van der Waals surface area contributed by atoms with Crippen LogP contribution in [0, 0.1) is 0 Å². The highest BCUT2D eigenvalue weighted by Gasteiger charge is 2.15. The third kappa shape index (κ3) is 7.29. The van der Waals surface area contributed by atoms with Crippen molar-refractivity contribution in [1.82, 2.24) is 0 Å². The van der Waals surface area contributed by atoms with Crippen LogP contribution >= 0.6 is 11.8 Å². The number of hydrogen-bond donors (Lipinski definition) is 3. The van der Waals surface area contributed by atoms with Crippen molar-refractivity contribution in [2.45, 2.75) is 30.9 Å². The van der Waals surface area contributed by atoms with Crippen molar-refractivity contribution in [2.75, 3.05) is 17.2 Å². The molecule has 0 heterocycles. The fraction of sp³-hybridized carbons (Fsp3) is 0.227. The maximum atomic E-state index is 12.4. The summed E-state index contributed by atoms with van der Waals surface area (Å²) in [6.45, 7) is 5.65. The van der Waals surface area contributed by atoms with Gasteiger partial charge in [0.15, 0.2) is 0 Å². The minimum absolute atomic E-state index is 0.0490. The van der Waals surface area contributed by atoms with Gasteiger partial charge in [-0.05, 0) is 69.3 Å². The minimum atomic E-state index is -1.14. The minimum Gasteiger partial charge on any atom is -0.494 e. The normalized spacial score (nSPS) is 12.0. The Kier molecular flexibility index (Phi) is 8.49. The largest absolute Gasteiger partial charge is 0.494 e. The molecule has 2 aromatic rings. The topological polar surface area (TPSA) is 105 Å². The lowest BCUT2D eigenvalue weighted by Crippen LogP contribution is -2.22. The van der Waals surface area contributed by atoms with E-state index in [9.17, 15) is 14.4 Å². The zero-order valence-corrected chi connectivity index (χ0v) is 17.8. The molecule has 2 amide bonds. The van der Waals surface area contributed by atoms with Crippen LogP contribution in [0.15, 0.2) is 65.1 Å². The van der Waals surface area contributed by atoms with Gasteiger partial charge in [-0.1, -0.05) is 0 Å². The molecule has 0 aromatic heterocycles. The highest BCUT2D eigenvalue weighted by molar-refractivity contribution is 8.00. The summed E-state index contributed by atoms with van der Waals surface area (Å²) in [6, 6.07) is 14.1. The molecule has 0 saturated carbocycles. The van der Waals surface area contributed by atoms with Gasteiger partial charge < -0.3 is 20.5 Å². The first-order valence-corrected chi connectivity index (χ1v) is 10.2. The average molecular weight is 429 g/mol. The molecule has 158 valence electrons. The van der Waals surface area contributed by atoms with Gasteiger partial charge in [0.25, 0.3) is 0 Å². The second-order valence-electron chi connectivity index (χ2n) is 6.35. The van der Waals surface area contributed by atoms with E-state index < -0.39 is 11.9 Å². The van der Waals surface area contributed by atoms with Gasteiger partial charge in [0, 0.05) is 27.9 Å². The summed E-state index contributed by atoms with van der Waals surface area (Å²) in [5, 5.41) is 13.9. The van der Waals surface area contributed by atoms with Crippen LogP contribution in [0.4, 0.5) is 11.4 Å². The molecule has 0 aliphatic heterocycles. The Bertz CT molecular complexity index is 924. The Morgan fingerprint density at radius 1 is 1.03 bits per heavy atom. The summed E-state index contributed by atoms with van der Waals surface area (Å²) in [5.41, 5.74) is 1.18. The number of carbonyl (C=O) groups is 3. The molecule has 0 fully saturated rings. The number of carboxylic acid groups (broad SMARTS) is 1. The van der Waals surface area contributed by atoms with Gasteiger partial charge in [0.05, 0.1) is 11.9 Å². The Labute approximate surface area is 179 Å². The highest BCUT2D eigenvalue weighted by Crippen LogP contribution is 2.26. The van der Waals surface area contributed by atoms with E-state index in [1.165, 1.54) is 18.7 Å². The fourth-order valence-corrected chi connectivity index (χ4v) is 3.22. The number of carboxylic acids is 1. The SMILES string of the molecule is CCOc1ccc(NC(=O)[C@@H](C)Sc2ccc(NC(=O)/C=C(\C)C(=O)O)cc2)cc1. The number of hydrogen-bond acceptors (Lipinski definition) is 5. The zero-order valence-electron chi connectivity index (χ0n) is 17.0.